The summed E-state index contributed by atoms with van der Waals surface area (Å²) in [5, 5.41) is 12.2. The van der Waals surface area contributed by atoms with Gasteiger partial charge >= 0.3 is 0 Å². The van der Waals surface area contributed by atoms with Gasteiger partial charge in [0.05, 0.1) is 22.7 Å². The molecule has 0 aliphatic carbocycles. The van der Waals surface area contributed by atoms with Crippen LogP contribution in [0.2, 0.25) is 0 Å². The third kappa shape index (κ3) is 3.11. The van der Waals surface area contributed by atoms with Gasteiger partial charge in [-0.1, -0.05) is 48.5 Å². The zero-order valence-corrected chi connectivity index (χ0v) is 20.0. The second-order valence-corrected chi connectivity index (χ2v) is 9.39. The van der Waals surface area contributed by atoms with Crippen LogP contribution < -0.4 is 0 Å². The molecule has 38 heavy (non-hydrogen) atoms. The molecule has 0 fully saturated rings. The van der Waals surface area contributed by atoms with E-state index in [9.17, 15) is 5.26 Å². The molecule has 5 heteroatoms. The van der Waals surface area contributed by atoms with Crippen molar-refractivity contribution in [2.45, 2.75) is 0 Å². The Kier molecular flexibility index (Phi) is 4.23. The molecule has 3 aromatic heterocycles. The molecule has 0 unspecified atom stereocenters. The minimum absolute atomic E-state index is 0.551. The molecule has 0 bridgehead atoms. The van der Waals surface area contributed by atoms with Crippen molar-refractivity contribution >= 4 is 55.2 Å². The van der Waals surface area contributed by atoms with Crippen molar-refractivity contribution in [1.29, 1.82) is 5.26 Å². The van der Waals surface area contributed by atoms with Crippen LogP contribution in [0.4, 0.5) is 0 Å². The number of hydrogen-bond donors (Lipinski definition) is 0. The maximum atomic E-state index is 9.31. The van der Waals surface area contributed by atoms with Crippen molar-refractivity contribution in [3.05, 3.63) is 109 Å². The highest BCUT2D eigenvalue weighted by Crippen LogP contribution is 2.35. The van der Waals surface area contributed by atoms with E-state index in [2.05, 4.69) is 59.6 Å². The number of aromatic nitrogens is 2. The Morgan fingerprint density at radius 1 is 0.526 bits per heavy atom. The number of nitriles is 1. The van der Waals surface area contributed by atoms with Gasteiger partial charge in [-0.05, 0) is 76.9 Å². The van der Waals surface area contributed by atoms with Crippen molar-refractivity contribution in [3.8, 4) is 28.3 Å². The summed E-state index contributed by atoms with van der Waals surface area (Å²) in [7, 11) is 0. The molecule has 0 atom stereocenters. The van der Waals surface area contributed by atoms with Crippen molar-refractivity contribution in [2.75, 3.05) is 0 Å². The van der Waals surface area contributed by atoms with E-state index in [1.807, 2.05) is 48.5 Å². The minimum Gasteiger partial charge on any atom is -0.456 e. The lowest BCUT2D eigenvalue weighted by Crippen LogP contribution is -1.84. The van der Waals surface area contributed by atoms with Gasteiger partial charge in [0, 0.05) is 16.2 Å². The molecular weight excluding hydrogens is 470 g/mol. The largest absolute Gasteiger partial charge is 0.456 e. The van der Waals surface area contributed by atoms with Gasteiger partial charge in [0.15, 0.2) is 0 Å². The quantitative estimate of drug-likeness (QED) is 0.244. The number of benzene rings is 5. The molecule has 0 saturated carbocycles. The lowest BCUT2D eigenvalue weighted by Gasteiger charge is -2.06. The van der Waals surface area contributed by atoms with Crippen molar-refractivity contribution in [3.63, 3.8) is 0 Å². The predicted octanol–water partition coefficient (Wildman–Crippen LogP) is 8.63. The Morgan fingerprint density at radius 2 is 1.08 bits per heavy atom. The van der Waals surface area contributed by atoms with E-state index in [0.717, 1.165) is 71.7 Å². The van der Waals surface area contributed by atoms with Gasteiger partial charge in [-0.15, -0.1) is 0 Å². The van der Waals surface area contributed by atoms with Crippen LogP contribution in [0.25, 0.3) is 77.4 Å². The van der Waals surface area contributed by atoms with Gasteiger partial charge in [-0.3, -0.25) is 0 Å². The smallest absolute Gasteiger partial charge is 0.246 e. The van der Waals surface area contributed by atoms with Crippen LogP contribution in [0, 0.1) is 11.3 Å². The Balaban J connectivity index is 1.19. The summed E-state index contributed by atoms with van der Waals surface area (Å²) >= 11 is 0. The highest BCUT2D eigenvalue weighted by molar-refractivity contribution is 6.07. The number of rotatable bonds is 2. The normalized spacial score (nSPS) is 11.7. The number of fused-ring (bicyclic) bond motifs is 7. The van der Waals surface area contributed by atoms with E-state index in [1.54, 1.807) is 6.07 Å². The lowest BCUT2D eigenvalue weighted by atomic mass is 9.98. The zero-order valence-electron chi connectivity index (χ0n) is 20.0. The fraction of sp³-hybridized carbons (Fsp3) is 0. The Hall–Kier alpha value is -5.47. The van der Waals surface area contributed by atoms with Crippen LogP contribution in [-0.4, -0.2) is 9.97 Å². The van der Waals surface area contributed by atoms with Gasteiger partial charge in [0.25, 0.3) is 0 Å². The van der Waals surface area contributed by atoms with Crippen LogP contribution in [0.15, 0.2) is 112 Å². The second kappa shape index (κ2) is 7.76. The van der Waals surface area contributed by atoms with E-state index < -0.39 is 0 Å². The molecule has 0 N–H and O–H groups in total. The van der Waals surface area contributed by atoms with Crippen LogP contribution in [0.3, 0.4) is 0 Å². The van der Waals surface area contributed by atoms with Gasteiger partial charge in [0.2, 0.25) is 5.71 Å². The third-order valence-electron chi connectivity index (χ3n) is 7.13. The maximum Gasteiger partial charge on any atom is 0.246 e. The molecule has 0 amide bonds. The molecule has 8 aromatic rings. The molecule has 0 spiro atoms. The summed E-state index contributed by atoms with van der Waals surface area (Å²) in [5.41, 5.74) is 10.4. The van der Waals surface area contributed by atoms with Crippen LogP contribution in [0.1, 0.15) is 5.56 Å². The maximum absolute atomic E-state index is 9.31. The topological polar surface area (TPSA) is 75.8 Å². The molecule has 8 rings (SSSR count). The lowest BCUT2D eigenvalue weighted by molar-refractivity contribution is 0.655. The molecule has 5 aromatic carbocycles. The Morgan fingerprint density at radius 3 is 1.76 bits per heavy atom. The fourth-order valence-corrected chi connectivity index (χ4v) is 5.20. The van der Waals surface area contributed by atoms with E-state index in [1.165, 1.54) is 0 Å². The molecule has 3 heterocycles. The van der Waals surface area contributed by atoms with Gasteiger partial charge in [-0.2, -0.15) is 5.26 Å². The third-order valence-corrected chi connectivity index (χ3v) is 7.13. The zero-order chi connectivity index (χ0) is 25.2. The first-order valence-corrected chi connectivity index (χ1v) is 12.3. The summed E-state index contributed by atoms with van der Waals surface area (Å²) in [4.78, 5) is 9.48. The summed E-state index contributed by atoms with van der Waals surface area (Å²) in [6.45, 7) is 0. The fourth-order valence-electron chi connectivity index (χ4n) is 5.20. The molecule has 0 radical (unpaired) electrons. The highest BCUT2D eigenvalue weighted by Gasteiger charge is 2.13. The second-order valence-electron chi connectivity index (χ2n) is 9.39. The summed E-state index contributed by atoms with van der Waals surface area (Å²) < 4.78 is 12.0. The number of nitrogens with zero attached hydrogens (tertiary/aromatic N) is 3. The van der Waals surface area contributed by atoms with Gasteiger partial charge in [0.1, 0.15) is 22.3 Å². The molecular formula is C33H17N3O2. The van der Waals surface area contributed by atoms with E-state index in [4.69, 9.17) is 13.8 Å². The SMILES string of the molecule is N#Cc1ccc2oc3ccc(-c4ccc(-c5ccc6oc7nc8ccccc8nc7c6c5)cc4)cc3c2c1. The van der Waals surface area contributed by atoms with Crippen LogP contribution in [0.5, 0.6) is 0 Å². The Bertz CT molecular complexity index is 2250. The van der Waals surface area contributed by atoms with Crippen LogP contribution >= 0.6 is 0 Å². The first-order chi connectivity index (χ1) is 18.7. The molecule has 5 nitrogen and oxygen atoms in total. The molecule has 0 aliphatic rings. The highest BCUT2D eigenvalue weighted by atomic mass is 16.3. The summed E-state index contributed by atoms with van der Waals surface area (Å²) in [6.07, 6.45) is 0. The average Bonchev–Trinajstić information content (AvgIpc) is 3.52. The Labute approximate surface area is 216 Å². The number of para-hydroxylation sites is 2. The average molecular weight is 488 g/mol. The van der Waals surface area contributed by atoms with Gasteiger partial charge in [-0.25, -0.2) is 9.97 Å². The monoisotopic (exact) mass is 487 g/mol. The van der Waals surface area contributed by atoms with Crippen molar-refractivity contribution in [1.82, 2.24) is 9.97 Å². The van der Waals surface area contributed by atoms with E-state index in [-0.39, 0.29) is 0 Å². The molecule has 0 aliphatic heterocycles. The number of furan rings is 2. The molecule has 0 saturated heterocycles. The van der Waals surface area contributed by atoms with Crippen molar-refractivity contribution in [2.24, 2.45) is 0 Å². The summed E-state index contributed by atoms with van der Waals surface area (Å²) in [5.74, 6) is 0. The minimum atomic E-state index is 0.551. The van der Waals surface area contributed by atoms with Gasteiger partial charge < -0.3 is 8.83 Å². The summed E-state index contributed by atoms with van der Waals surface area (Å²) in [6, 6.07) is 36.4. The predicted molar refractivity (Wildman–Crippen MR) is 150 cm³/mol. The van der Waals surface area contributed by atoms with E-state index >= 15 is 0 Å². The first-order valence-electron chi connectivity index (χ1n) is 12.3. The number of hydrogen-bond acceptors (Lipinski definition) is 5. The van der Waals surface area contributed by atoms with Crippen molar-refractivity contribution < 1.29 is 8.83 Å². The van der Waals surface area contributed by atoms with Crippen LogP contribution in [-0.2, 0) is 0 Å². The van der Waals surface area contributed by atoms with E-state index in [0.29, 0.717) is 11.3 Å². The standard InChI is InChI=1S/C33H17N3O2/c34-18-19-5-12-29-24(15-19)25-16-22(10-13-30(25)37-29)20-6-8-21(9-7-20)23-11-14-31-26(17-23)32-33(38-31)36-28-4-2-1-3-27(28)35-32/h1-17H. The first kappa shape index (κ1) is 20.7. The molecule has 176 valence electrons.